The Balaban J connectivity index is 2.25. The van der Waals surface area contributed by atoms with E-state index in [1.807, 2.05) is 44.2 Å². The average molecular weight is 306 g/mol. The van der Waals surface area contributed by atoms with Crippen LogP contribution in [0, 0.1) is 13.8 Å². The zero-order valence-corrected chi connectivity index (χ0v) is 12.1. The standard InChI is InChI=1S/C15H16BrNO/c1-10-5-6-12(16)8-13(10)15(18)9-14-11(2)4-3-7-17-14/h3-8,15,18H,9H2,1-2H3. The van der Waals surface area contributed by atoms with Crippen molar-refractivity contribution in [2.24, 2.45) is 0 Å². The van der Waals surface area contributed by atoms with Gasteiger partial charge in [-0.05, 0) is 48.7 Å². The summed E-state index contributed by atoms with van der Waals surface area (Å²) in [6.45, 7) is 4.03. The Morgan fingerprint density at radius 2 is 2.00 bits per heavy atom. The number of hydrogen-bond acceptors (Lipinski definition) is 2. The first-order chi connectivity index (χ1) is 8.58. The highest BCUT2D eigenvalue weighted by Gasteiger charge is 2.13. The molecule has 1 aromatic carbocycles. The molecule has 2 aromatic rings. The van der Waals surface area contributed by atoms with Gasteiger partial charge in [0.25, 0.3) is 0 Å². The summed E-state index contributed by atoms with van der Waals surface area (Å²) in [4.78, 5) is 4.32. The van der Waals surface area contributed by atoms with Gasteiger partial charge in [0, 0.05) is 22.8 Å². The number of pyridine rings is 1. The number of aryl methyl sites for hydroxylation is 2. The van der Waals surface area contributed by atoms with Crippen LogP contribution < -0.4 is 0 Å². The molecule has 0 aliphatic heterocycles. The minimum atomic E-state index is -0.518. The highest BCUT2D eigenvalue weighted by molar-refractivity contribution is 9.10. The van der Waals surface area contributed by atoms with Gasteiger partial charge in [-0.25, -0.2) is 0 Å². The van der Waals surface area contributed by atoms with Crippen molar-refractivity contribution in [3.63, 3.8) is 0 Å². The van der Waals surface area contributed by atoms with Crippen LogP contribution in [0.5, 0.6) is 0 Å². The lowest BCUT2D eigenvalue weighted by atomic mass is 9.98. The normalized spacial score (nSPS) is 12.4. The van der Waals surface area contributed by atoms with Crippen molar-refractivity contribution in [3.8, 4) is 0 Å². The zero-order chi connectivity index (χ0) is 13.1. The summed E-state index contributed by atoms with van der Waals surface area (Å²) in [7, 11) is 0. The first-order valence-electron chi connectivity index (χ1n) is 5.92. The van der Waals surface area contributed by atoms with Crippen LogP contribution in [-0.2, 0) is 6.42 Å². The molecule has 1 heterocycles. The topological polar surface area (TPSA) is 33.1 Å². The second-order valence-electron chi connectivity index (χ2n) is 4.49. The van der Waals surface area contributed by atoms with Crippen LogP contribution in [0.3, 0.4) is 0 Å². The molecule has 0 amide bonds. The van der Waals surface area contributed by atoms with Crippen LogP contribution in [0.2, 0.25) is 0 Å². The van der Waals surface area contributed by atoms with Gasteiger partial charge < -0.3 is 5.11 Å². The largest absolute Gasteiger partial charge is 0.388 e. The number of hydrogen-bond donors (Lipinski definition) is 1. The molecule has 0 spiro atoms. The predicted molar refractivity (Wildman–Crippen MR) is 76.5 cm³/mol. The summed E-state index contributed by atoms with van der Waals surface area (Å²) >= 11 is 3.44. The molecule has 18 heavy (non-hydrogen) atoms. The zero-order valence-electron chi connectivity index (χ0n) is 10.5. The number of aliphatic hydroxyl groups excluding tert-OH is 1. The van der Waals surface area contributed by atoms with Gasteiger partial charge in [-0.3, -0.25) is 4.98 Å². The molecule has 1 aromatic heterocycles. The summed E-state index contributed by atoms with van der Waals surface area (Å²) in [5.41, 5.74) is 4.11. The van der Waals surface area contributed by atoms with E-state index in [0.29, 0.717) is 6.42 Å². The molecule has 3 heteroatoms. The smallest absolute Gasteiger partial charge is 0.0848 e. The summed E-state index contributed by atoms with van der Waals surface area (Å²) in [5, 5.41) is 10.3. The molecule has 1 atom stereocenters. The van der Waals surface area contributed by atoms with Gasteiger partial charge in [0.1, 0.15) is 0 Å². The van der Waals surface area contributed by atoms with Gasteiger partial charge in [0.05, 0.1) is 6.10 Å². The van der Waals surface area contributed by atoms with Crippen molar-refractivity contribution in [1.82, 2.24) is 4.98 Å². The maximum Gasteiger partial charge on any atom is 0.0848 e. The first kappa shape index (κ1) is 13.2. The molecular weight excluding hydrogens is 290 g/mol. The van der Waals surface area contributed by atoms with Gasteiger partial charge in [0.15, 0.2) is 0 Å². The Labute approximate surface area is 116 Å². The molecule has 0 saturated heterocycles. The van der Waals surface area contributed by atoms with Crippen molar-refractivity contribution in [2.75, 3.05) is 0 Å². The number of aliphatic hydroxyl groups is 1. The molecule has 0 aliphatic carbocycles. The van der Waals surface area contributed by atoms with Gasteiger partial charge in [-0.15, -0.1) is 0 Å². The summed E-state index contributed by atoms with van der Waals surface area (Å²) < 4.78 is 0.986. The van der Waals surface area contributed by atoms with E-state index < -0.39 is 6.10 Å². The Morgan fingerprint density at radius 1 is 1.22 bits per heavy atom. The second-order valence-corrected chi connectivity index (χ2v) is 5.40. The fourth-order valence-corrected chi connectivity index (χ4v) is 2.37. The van der Waals surface area contributed by atoms with E-state index in [1.54, 1.807) is 6.20 Å². The third-order valence-corrected chi connectivity index (χ3v) is 3.60. The summed E-state index contributed by atoms with van der Waals surface area (Å²) in [6, 6.07) is 9.89. The molecule has 1 N–H and O–H groups in total. The average Bonchev–Trinajstić information content (AvgIpc) is 2.35. The number of aromatic nitrogens is 1. The fourth-order valence-electron chi connectivity index (χ4n) is 2.00. The molecule has 2 nitrogen and oxygen atoms in total. The number of halogens is 1. The summed E-state index contributed by atoms with van der Waals surface area (Å²) in [5.74, 6) is 0. The van der Waals surface area contributed by atoms with Crippen LogP contribution in [-0.4, -0.2) is 10.1 Å². The Hall–Kier alpha value is -1.19. The predicted octanol–water partition coefficient (Wildman–Crippen LogP) is 3.74. The molecule has 0 fully saturated rings. The van der Waals surface area contributed by atoms with Crippen LogP contribution in [0.25, 0.3) is 0 Å². The van der Waals surface area contributed by atoms with E-state index in [0.717, 1.165) is 26.9 Å². The van der Waals surface area contributed by atoms with Crippen LogP contribution >= 0.6 is 15.9 Å². The van der Waals surface area contributed by atoms with E-state index in [-0.39, 0.29) is 0 Å². The molecule has 0 saturated carbocycles. The first-order valence-corrected chi connectivity index (χ1v) is 6.72. The quantitative estimate of drug-likeness (QED) is 0.937. The lowest BCUT2D eigenvalue weighted by Crippen LogP contribution is -2.06. The molecular formula is C15H16BrNO. The highest BCUT2D eigenvalue weighted by atomic mass is 79.9. The van der Waals surface area contributed by atoms with Crippen molar-refractivity contribution in [3.05, 3.63) is 63.4 Å². The number of rotatable bonds is 3. The van der Waals surface area contributed by atoms with E-state index in [4.69, 9.17) is 0 Å². The minimum Gasteiger partial charge on any atom is -0.388 e. The Morgan fingerprint density at radius 3 is 2.72 bits per heavy atom. The minimum absolute atomic E-state index is 0.518. The van der Waals surface area contributed by atoms with Gasteiger partial charge >= 0.3 is 0 Å². The number of nitrogens with zero attached hydrogens (tertiary/aromatic N) is 1. The van der Waals surface area contributed by atoms with Gasteiger partial charge in [0.2, 0.25) is 0 Å². The van der Waals surface area contributed by atoms with Gasteiger partial charge in [-0.2, -0.15) is 0 Å². The number of benzene rings is 1. The molecule has 0 bridgehead atoms. The maximum atomic E-state index is 10.3. The highest BCUT2D eigenvalue weighted by Crippen LogP contribution is 2.25. The maximum absolute atomic E-state index is 10.3. The lowest BCUT2D eigenvalue weighted by molar-refractivity contribution is 0.176. The third-order valence-electron chi connectivity index (χ3n) is 3.10. The molecule has 0 radical (unpaired) electrons. The van der Waals surface area contributed by atoms with Crippen LogP contribution in [0.1, 0.15) is 28.5 Å². The van der Waals surface area contributed by atoms with Crippen molar-refractivity contribution >= 4 is 15.9 Å². The van der Waals surface area contributed by atoms with Crippen molar-refractivity contribution in [2.45, 2.75) is 26.4 Å². The molecule has 0 aliphatic rings. The van der Waals surface area contributed by atoms with Crippen LogP contribution in [0.15, 0.2) is 41.0 Å². The second kappa shape index (κ2) is 5.63. The van der Waals surface area contributed by atoms with Crippen LogP contribution in [0.4, 0.5) is 0 Å². The summed E-state index contributed by atoms with van der Waals surface area (Å²) in [6.07, 6.45) is 1.79. The van der Waals surface area contributed by atoms with E-state index in [1.165, 1.54) is 0 Å². The molecule has 1 unspecified atom stereocenters. The van der Waals surface area contributed by atoms with Crippen molar-refractivity contribution < 1.29 is 5.11 Å². The fraction of sp³-hybridized carbons (Fsp3) is 0.267. The SMILES string of the molecule is Cc1ccc(Br)cc1C(O)Cc1ncccc1C. The van der Waals surface area contributed by atoms with E-state index in [9.17, 15) is 5.11 Å². The Kier molecular flexibility index (Phi) is 4.15. The molecule has 94 valence electrons. The van der Waals surface area contributed by atoms with Gasteiger partial charge in [-0.1, -0.05) is 28.1 Å². The third kappa shape index (κ3) is 2.98. The van der Waals surface area contributed by atoms with E-state index in [2.05, 4.69) is 20.9 Å². The Bertz CT molecular complexity index is 554. The molecule has 2 rings (SSSR count). The lowest BCUT2D eigenvalue weighted by Gasteiger charge is -2.15. The van der Waals surface area contributed by atoms with Crippen molar-refractivity contribution in [1.29, 1.82) is 0 Å². The monoisotopic (exact) mass is 305 g/mol. The van der Waals surface area contributed by atoms with E-state index >= 15 is 0 Å².